The molecule has 21 heavy (non-hydrogen) atoms. The Labute approximate surface area is 132 Å². The van der Waals surface area contributed by atoms with Gasteiger partial charge in [-0.2, -0.15) is 0 Å². The molecule has 2 aromatic rings. The van der Waals surface area contributed by atoms with Crippen LogP contribution >= 0.6 is 11.3 Å². The number of fused-ring (bicyclic) bond motifs is 1. The second kappa shape index (κ2) is 7.38. The Bertz CT molecular complexity index is 570. The lowest BCUT2D eigenvalue weighted by molar-refractivity contribution is 0.268. The quantitative estimate of drug-likeness (QED) is 0.760. The molecular weight excluding hydrogens is 280 g/mol. The third-order valence-corrected chi connectivity index (χ3v) is 4.93. The fourth-order valence-corrected chi connectivity index (χ4v) is 3.29. The number of nitrogens with one attached hydrogen (secondary N) is 1. The first-order chi connectivity index (χ1) is 9.99. The van der Waals surface area contributed by atoms with Crippen molar-refractivity contribution in [2.45, 2.75) is 53.1 Å². The molecule has 0 unspecified atom stereocenters. The summed E-state index contributed by atoms with van der Waals surface area (Å²) in [5, 5.41) is 3.56. The molecule has 118 valence electrons. The minimum absolute atomic E-state index is 0.641. The average molecular weight is 308 g/mol. The van der Waals surface area contributed by atoms with Crippen molar-refractivity contribution >= 4 is 16.3 Å². The average Bonchev–Trinajstić information content (AvgIpc) is 2.89. The van der Waals surface area contributed by atoms with Gasteiger partial charge in [-0.15, -0.1) is 11.3 Å². The van der Waals surface area contributed by atoms with Crippen LogP contribution in [0.2, 0.25) is 0 Å². The van der Waals surface area contributed by atoms with E-state index < -0.39 is 0 Å². The third-order valence-electron chi connectivity index (χ3n) is 4.03. The van der Waals surface area contributed by atoms with Crippen LogP contribution in [0.3, 0.4) is 0 Å². The number of unbranched alkanes of at least 4 members (excludes halogenated alkanes) is 1. The zero-order valence-electron chi connectivity index (χ0n) is 13.9. The Morgan fingerprint density at radius 3 is 2.81 bits per heavy atom. The first-order valence-corrected chi connectivity index (χ1v) is 8.65. The van der Waals surface area contributed by atoms with Gasteiger partial charge in [0.05, 0.1) is 11.4 Å². The molecule has 1 N–H and O–H groups in total. The molecule has 0 saturated carbocycles. The molecule has 0 aliphatic carbocycles. The van der Waals surface area contributed by atoms with E-state index in [1.165, 1.54) is 30.0 Å². The van der Waals surface area contributed by atoms with Crippen molar-refractivity contribution in [1.29, 1.82) is 0 Å². The minimum atomic E-state index is 0.641. The van der Waals surface area contributed by atoms with Gasteiger partial charge in [0.25, 0.3) is 0 Å². The van der Waals surface area contributed by atoms with Crippen molar-refractivity contribution in [3.8, 4) is 0 Å². The van der Waals surface area contributed by atoms with Crippen LogP contribution in [0, 0.1) is 13.8 Å². The molecule has 0 aliphatic rings. The number of hydrogen-bond donors (Lipinski definition) is 1. The van der Waals surface area contributed by atoms with E-state index in [-0.39, 0.29) is 0 Å². The lowest BCUT2D eigenvalue weighted by Crippen LogP contribution is -2.27. The maximum Gasteiger partial charge on any atom is 0.194 e. The monoisotopic (exact) mass is 308 g/mol. The Morgan fingerprint density at radius 2 is 2.10 bits per heavy atom. The summed E-state index contributed by atoms with van der Waals surface area (Å²) >= 11 is 1.76. The van der Waals surface area contributed by atoms with Crippen LogP contribution < -0.4 is 5.32 Å². The molecule has 2 heterocycles. The van der Waals surface area contributed by atoms with E-state index in [0.717, 1.165) is 23.7 Å². The van der Waals surface area contributed by atoms with E-state index in [0.29, 0.717) is 6.04 Å². The van der Waals surface area contributed by atoms with Crippen LogP contribution in [0.4, 0.5) is 0 Å². The first-order valence-electron chi connectivity index (χ1n) is 7.84. The molecule has 2 aromatic heterocycles. The minimum Gasteiger partial charge on any atom is -0.311 e. The lowest BCUT2D eigenvalue weighted by atomic mass is 10.2. The smallest absolute Gasteiger partial charge is 0.194 e. The highest BCUT2D eigenvalue weighted by Gasteiger charge is 2.10. The summed E-state index contributed by atoms with van der Waals surface area (Å²) in [4.78, 5) is 9.45. The van der Waals surface area contributed by atoms with Gasteiger partial charge in [0, 0.05) is 23.7 Å². The Hall–Kier alpha value is -0.910. The van der Waals surface area contributed by atoms with Gasteiger partial charge >= 0.3 is 0 Å². The van der Waals surface area contributed by atoms with Crippen molar-refractivity contribution in [2.75, 3.05) is 20.1 Å². The SMILES string of the molecule is Cc1cn2c(CNCCCCN(C)C(C)C)c(C)nc2s1. The van der Waals surface area contributed by atoms with Crippen molar-refractivity contribution in [3.05, 3.63) is 22.5 Å². The van der Waals surface area contributed by atoms with Gasteiger partial charge in [-0.3, -0.25) is 4.40 Å². The predicted octanol–water partition coefficient (Wildman–Crippen LogP) is 3.22. The summed E-state index contributed by atoms with van der Waals surface area (Å²) < 4.78 is 2.23. The van der Waals surface area contributed by atoms with Crippen LogP contribution in [-0.2, 0) is 6.54 Å². The molecule has 0 bridgehead atoms. The van der Waals surface area contributed by atoms with E-state index in [4.69, 9.17) is 0 Å². The largest absolute Gasteiger partial charge is 0.311 e. The number of nitrogens with zero attached hydrogens (tertiary/aromatic N) is 3. The number of aryl methyl sites for hydroxylation is 2. The Balaban J connectivity index is 1.74. The highest BCUT2D eigenvalue weighted by molar-refractivity contribution is 7.17. The zero-order valence-corrected chi connectivity index (χ0v) is 14.8. The van der Waals surface area contributed by atoms with Crippen molar-refractivity contribution < 1.29 is 0 Å². The molecule has 0 radical (unpaired) electrons. The maximum absolute atomic E-state index is 4.63. The Kier molecular flexibility index (Phi) is 5.79. The molecule has 0 aromatic carbocycles. The summed E-state index contributed by atoms with van der Waals surface area (Å²) in [5.74, 6) is 0. The van der Waals surface area contributed by atoms with Gasteiger partial charge in [0.15, 0.2) is 4.96 Å². The normalized spacial score (nSPS) is 12.1. The molecule has 0 amide bonds. The Morgan fingerprint density at radius 1 is 1.33 bits per heavy atom. The summed E-state index contributed by atoms with van der Waals surface area (Å²) in [5.41, 5.74) is 2.45. The van der Waals surface area contributed by atoms with Crippen molar-refractivity contribution in [2.24, 2.45) is 0 Å². The predicted molar refractivity (Wildman–Crippen MR) is 91.2 cm³/mol. The van der Waals surface area contributed by atoms with E-state index in [9.17, 15) is 0 Å². The summed E-state index contributed by atoms with van der Waals surface area (Å²) in [6, 6.07) is 0.641. The zero-order chi connectivity index (χ0) is 15.4. The van der Waals surface area contributed by atoms with E-state index in [1.807, 2.05) is 0 Å². The van der Waals surface area contributed by atoms with Crippen LogP contribution in [0.15, 0.2) is 6.20 Å². The van der Waals surface area contributed by atoms with Gasteiger partial charge in [0.2, 0.25) is 0 Å². The second-order valence-electron chi connectivity index (χ2n) is 6.10. The molecule has 0 saturated heterocycles. The maximum atomic E-state index is 4.63. The molecule has 0 fully saturated rings. The highest BCUT2D eigenvalue weighted by atomic mass is 32.1. The molecule has 2 rings (SSSR count). The fraction of sp³-hybridized carbons (Fsp3) is 0.688. The number of thiazole rings is 1. The van der Waals surface area contributed by atoms with Crippen LogP contribution in [0.1, 0.15) is 43.0 Å². The fourth-order valence-electron chi connectivity index (χ4n) is 2.40. The van der Waals surface area contributed by atoms with Crippen molar-refractivity contribution in [3.63, 3.8) is 0 Å². The van der Waals surface area contributed by atoms with Gasteiger partial charge in [-0.25, -0.2) is 4.98 Å². The number of hydrogen-bond acceptors (Lipinski definition) is 4. The summed E-state index contributed by atoms with van der Waals surface area (Å²) in [6.45, 7) is 11.9. The van der Waals surface area contributed by atoms with Crippen LogP contribution in [0.5, 0.6) is 0 Å². The molecule has 0 atom stereocenters. The summed E-state index contributed by atoms with van der Waals surface area (Å²) in [7, 11) is 2.20. The third kappa shape index (κ3) is 4.28. The van der Waals surface area contributed by atoms with Crippen LogP contribution in [0.25, 0.3) is 4.96 Å². The first kappa shape index (κ1) is 16.5. The van der Waals surface area contributed by atoms with E-state index in [2.05, 4.69) is 60.5 Å². The van der Waals surface area contributed by atoms with Crippen molar-refractivity contribution in [1.82, 2.24) is 19.6 Å². The molecule has 4 nitrogen and oxygen atoms in total. The van der Waals surface area contributed by atoms with Gasteiger partial charge in [-0.1, -0.05) is 0 Å². The molecular formula is C16H28N4S. The molecule has 0 aliphatic heterocycles. The van der Waals surface area contributed by atoms with Gasteiger partial charge < -0.3 is 10.2 Å². The second-order valence-corrected chi connectivity index (χ2v) is 7.31. The standard InChI is InChI=1S/C16H28N4S/c1-12(2)19(5)9-7-6-8-17-10-15-14(4)18-16-20(15)11-13(3)21-16/h11-12,17H,6-10H2,1-5H3. The molecule has 5 heteroatoms. The highest BCUT2D eigenvalue weighted by Crippen LogP contribution is 2.20. The van der Waals surface area contributed by atoms with Gasteiger partial charge in [0.1, 0.15) is 0 Å². The molecule has 0 spiro atoms. The topological polar surface area (TPSA) is 32.6 Å². The van der Waals surface area contributed by atoms with Crippen LogP contribution in [-0.4, -0.2) is 40.5 Å². The lowest BCUT2D eigenvalue weighted by Gasteiger charge is -2.20. The summed E-state index contributed by atoms with van der Waals surface area (Å²) in [6.07, 6.45) is 4.66. The van der Waals surface area contributed by atoms with E-state index in [1.54, 1.807) is 11.3 Å². The number of aromatic nitrogens is 2. The van der Waals surface area contributed by atoms with Gasteiger partial charge in [-0.05, 0) is 60.7 Å². The van der Waals surface area contributed by atoms with E-state index >= 15 is 0 Å². The number of imidazole rings is 1. The number of rotatable bonds is 8.